The van der Waals surface area contributed by atoms with Gasteiger partial charge in [-0.3, -0.25) is 23.1 Å². The Hall–Kier alpha value is -2.27. The van der Waals surface area contributed by atoms with Crippen LogP contribution in [-0.2, 0) is 23.1 Å². The maximum absolute atomic E-state index is 11.1. The van der Waals surface area contributed by atoms with Crippen LogP contribution in [-0.4, -0.2) is 157 Å². The Bertz CT molecular complexity index is 1590. The zero-order valence-electron chi connectivity index (χ0n) is 36.9. The van der Waals surface area contributed by atoms with Gasteiger partial charge in [0.15, 0.2) is 10.2 Å². The van der Waals surface area contributed by atoms with Gasteiger partial charge < -0.3 is 85.3 Å². The van der Waals surface area contributed by atoms with Crippen LogP contribution in [0.2, 0.25) is 0 Å². The third-order valence-corrected chi connectivity index (χ3v) is 16.6. The number of benzene rings is 2. The van der Waals surface area contributed by atoms with Crippen molar-refractivity contribution in [2.24, 2.45) is 0 Å². The van der Waals surface area contributed by atoms with Crippen molar-refractivity contribution in [2.45, 2.75) is 64.6 Å². The number of para-hydroxylation sites is 2. The standard InChI is InChI=1S/2C10H16N2O7P2S.2C6H15N.C3H7NO/c2*13-10(20(14,15)16,21(17,18)19)6-7-11-9(22)12-8-4-2-1-3-5-8;2*1-4-7(5-2)6-3;1-4(2)3-5/h2*1-5,13H,6-7H2,(H2,11,12,22)(H2,14,15,16)(H2,17,18,19);2*4-6H2,1-3H3;3H,1-2H3. The first-order valence-corrected chi connectivity index (χ1v) is 26.6. The molecule has 0 aliphatic carbocycles. The first-order chi connectivity index (χ1) is 28.9. The molecule has 22 nitrogen and oxygen atoms in total. The van der Waals surface area contributed by atoms with E-state index in [4.69, 9.17) is 63.6 Å². The van der Waals surface area contributed by atoms with E-state index in [1.165, 1.54) is 44.2 Å². The molecule has 63 heavy (non-hydrogen) atoms. The summed E-state index contributed by atoms with van der Waals surface area (Å²) in [4.78, 5) is 87.3. The second-order valence-corrected chi connectivity index (χ2v) is 21.9. The van der Waals surface area contributed by atoms with E-state index in [0.29, 0.717) is 11.4 Å². The molecule has 0 fully saturated rings. The number of hydrogen-bond donors (Lipinski definition) is 14. The third-order valence-electron chi connectivity index (χ3n) is 8.32. The summed E-state index contributed by atoms with van der Waals surface area (Å²) in [6.07, 6.45) is -1.03. The molecule has 2 aromatic carbocycles. The number of rotatable bonds is 19. The second-order valence-electron chi connectivity index (χ2n) is 13.0. The van der Waals surface area contributed by atoms with Crippen molar-refractivity contribution in [1.82, 2.24) is 25.3 Å². The molecule has 0 saturated heterocycles. The van der Waals surface area contributed by atoms with E-state index in [-0.39, 0.29) is 23.3 Å². The van der Waals surface area contributed by atoms with Crippen LogP contribution in [0.5, 0.6) is 0 Å². The number of nitrogens with one attached hydrogen (secondary N) is 4. The number of anilines is 2. The summed E-state index contributed by atoms with van der Waals surface area (Å²) in [7, 11) is -18.4. The van der Waals surface area contributed by atoms with E-state index in [9.17, 15) is 33.3 Å². The molecule has 1 amide bonds. The van der Waals surface area contributed by atoms with E-state index in [0.717, 1.165) is 6.41 Å². The quantitative estimate of drug-likeness (QED) is 0.0546. The molecule has 366 valence electrons. The van der Waals surface area contributed by atoms with Crippen molar-refractivity contribution >= 4 is 82.8 Å². The van der Waals surface area contributed by atoms with Gasteiger partial charge in [0, 0.05) is 51.4 Å². The van der Waals surface area contributed by atoms with Crippen molar-refractivity contribution in [1.29, 1.82) is 0 Å². The summed E-state index contributed by atoms with van der Waals surface area (Å²) in [5, 5.41) is 23.1. The molecule has 0 radical (unpaired) electrons. The van der Waals surface area contributed by atoms with Crippen molar-refractivity contribution in [3.63, 3.8) is 0 Å². The smallest absolute Gasteiger partial charge is 0.367 e. The summed E-state index contributed by atoms with van der Waals surface area (Å²) in [6, 6.07) is 17.5. The Morgan fingerprint density at radius 2 is 0.762 bits per heavy atom. The van der Waals surface area contributed by atoms with Crippen LogP contribution in [0.25, 0.3) is 0 Å². The lowest BCUT2D eigenvalue weighted by Gasteiger charge is -2.29. The zero-order valence-corrected chi connectivity index (χ0v) is 42.1. The largest absolute Gasteiger partial charge is 0.369 e. The van der Waals surface area contributed by atoms with Gasteiger partial charge in [-0.05, 0) is 88.0 Å². The molecule has 0 saturated carbocycles. The molecule has 0 bridgehead atoms. The number of thiocarbonyl (C=S) groups is 2. The molecule has 14 N–H and O–H groups in total. The fourth-order valence-corrected chi connectivity index (χ4v) is 9.11. The molecule has 28 heteroatoms. The van der Waals surface area contributed by atoms with Gasteiger partial charge in [-0.15, -0.1) is 0 Å². The predicted octanol–water partition coefficient (Wildman–Crippen LogP) is 3.13. The second kappa shape index (κ2) is 32.4. The topological polar surface area (TPSA) is 345 Å². The molecule has 2 rings (SSSR count). The number of carbonyl (C=O) groups is 1. The summed E-state index contributed by atoms with van der Waals surface area (Å²) >= 11 is 9.84. The molecule has 0 aliphatic rings. The Labute approximate surface area is 381 Å². The van der Waals surface area contributed by atoms with Gasteiger partial charge in [-0.25, -0.2) is 0 Å². The molecule has 0 unspecified atom stereocenters. The lowest BCUT2D eigenvalue weighted by atomic mass is 10.3. The summed E-state index contributed by atoms with van der Waals surface area (Å²) in [6.45, 7) is 19.5. The molecular formula is C35H69N7O15P4S2. The van der Waals surface area contributed by atoms with Gasteiger partial charge >= 0.3 is 30.4 Å². The number of carbonyl (C=O) groups excluding carboxylic acids is 1. The maximum Gasteiger partial charge on any atom is 0.369 e. The lowest BCUT2D eigenvalue weighted by molar-refractivity contribution is -0.115. The highest BCUT2D eigenvalue weighted by Gasteiger charge is 2.59. The van der Waals surface area contributed by atoms with Crippen LogP contribution in [0.15, 0.2) is 60.7 Å². The van der Waals surface area contributed by atoms with Gasteiger partial charge in [0.25, 0.3) is 10.2 Å². The number of nitrogens with zero attached hydrogens (tertiary/aromatic N) is 3. The highest BCUT2D eigenvalue weighted by Crippen LogP contribution is 2.69. The first kappa shape index (κ1) is 65.0. The average molecular weight is 1020 g/mol. The molecule has 0 heterocycles. The van der Waals surface area contributed by atoms with Gasteiger partial charge in [0.2, 0.25) is 6.41 Å². The van der Waals surface area contributed by atoms with Crippen molar-refractivity contribution in [3.8, 4) is 0 Å². The monoisotopic (exact) mass is 1020 g/mol. The average Bonchev–Trinajstić information content (AvgIpc) is 3.19. The van der Waals surface area contributed by atoms with Crippen LogP contribution in [0.4, 0.5) is 11.4 Å². The number of hydrogen-bond acceptors (Lipinski definition) is 11. The van der Waals surface area contributed by atoms with Gasteiger partial charge in [-0.1, -0.05) is 77.9 Å². The number of aliphatic hydroxyl groups is 2. The Kier molecular flexibility index (Phi) is 33.4. The molecular weight excluding hydrogens is 946 g/mol. The van der Waals surface area contributed by atoms with Crippen molar-refractivity contribution in [3.05, 3.63) is 60.7 Å². The fourth-order valence-electron chi connectivity index (χ4n) is 4.34. The van der Waals surface area contributed by atoms with E-state index in [1.54, 1.807) is 74.8 Å². The molecule has 0 aromatic heterocycles. The Morgan fingerprint density at radius 1 is 0.540 bits per heavy atom. The zero-order chi connectivity index (χ0) is 49.7. The first-order valence-electron chi connectivity index (χ1n) is 19.3. The SMILES string of the molecule is CCN(CC)CC.CCN(CC)CC.CN(C)C=O.O=P(O)(O)C(O)(CCNC(=S)Nc1ccccc1)P(=O)(O)O.O=P(O)(O)C(O)(CCNC(=S)Nc1ccccc1)P(=O)(O)O. The van der Waals surface area contributed by atoms with Crippen molar-refractivity contribution in [2.75, 3.05) is 77.1 Å². The fraction of sp³-hybridized carbons (Fsp3) is 0.571. The molecule has 0 atom stereocenters. The van der Waals surface area contributed by atoms with Crippen molar-refractivity contribution < 1.29 is 72.4 Å². The predicted molar refractivity (Wildman–Crippen MR) is 255 cm³/mol. The molecule has 0 spiro atoms. The minimum Gasteiger partial charge on any atom is -0.367 e. The Balaban J connectivity index is -0.000000814. The van der Waals surface area contributed by atoms with Crippen LogP contribution >= 0.6 is 54.8 Å². The lowest BCUT2D eigenvalue weighted by Crippen LogP contribution is -2.36. The van der Waals surface area contributed by atoms with Crippen LogP contribution in [0.3, 0.4) is 0 Å². The van der Waals surface area contributed by atoms with E-state index in [1.807, 2.05) is 0 Å². The van der Waals surface area contributed by atoms with E-state index in [2.05, 4.69) is 72.6 Å². The normalized spacial score (nSPS) is 11.7. The van der Waals surface area contributed by atoms with Gasteiger partial charge in [-0.2, -0.15) is 0 Å². The van der Waals surface area contributed by atoms with E-state index < -0.39 is 53.4 Å². The number of amides is 1. The molecule has 0 aliphatic heterocycles. The van der Waals surface area contributed by atoms with Crippen LogP contribution in [0, 0.1) is 0 Å². The molecule has 2 aromatic rings. The van der Waals surface area contributed by atoms with Crippen LogP contribution in [0.1, 0.15) is 54.4 Å². The van der Waals surface area contributed by atoms with E-state index >= 15 is 0 Å². The Morgan fingerprint density at radius 3 is 0.921 bits per heavy atom. The van der Waals surface area contributed by atoms with Gasteiger partial charge in [0.05, 0.1) is 0 Å². The summed E-state index contributed by atoms with van der Waals surface area (Å²) in [5.74, 6) is 0. The highest BCUT2D eigenvalue weighted by atomic mass is 32.1. The summed E-state index contributed by atoms with van der Waals surface area (Å²) < 4.78 is 44.6. The summed E-state index contributed by atoms with van der Waals surface area (Å²) in [5.41, 5.74) is 1.31. The third kappa shape index (κ3) is 27.1. The maximum atomic E-state index is 11.1. The minimum atomic E-state index is -5.45. The highest BCUT2D eigenvalue weighted by molar-refractivity contribution is 7.80. The van der Waals surface area contributed by atoms with Gasteiger partial charge in [0.1, 0.15) is 0 Å². The minimum absolute atomic E-state index is 0.0740. The van der Waals surface area contributed by atoms with Crippen LogP contribution < -0.4 is 21.3 Å².